The van der Waals surface area contributed by atoms with Crippen molar-refractivity contribution in [3.63, 3.8) is 0 Å². The van der Waals surface area contributed by atoms with Gasteiger partial charge in [-0.25, -0.2) is 4.79 Å². The third kappa shape index (κ3) is 3.74. The van der Waals surface area contributed by atoms with E-state index >= 15 is 0 Å². The van der Waals surface area contributed by atoms with Crippen molar-refractivity contribution in [3.05, 3.63) is 53.6 Å². The molecule has 130 valence electrons. The van der Waals surface area contributed by atoms with Gasteiger partial charge in [-0.15, -0.1) is 0 Å². The van der Waals surface area contributed by atoms with Crippen LogP contribution in [0.2, 0.25) is 0 Å². The monoisotopic (exact) mass is 341 g/mol. The summed E-state index contributed by atoms with van der Waals surface area (Å²) < 4.78 is 16.1. The lowest BCUT2D eigenvalue weighted by Gasteiger charge is -2.24. The summed E-state index contributed by atoms with van der Waals surface area (Å²) in [6.45, 7) is 1.93. The molecule has 1 aliphatic heterocycles. The van der Waals surface area contributed by atoms with E-state index in [2.05, 4.69) is 5.16 Å². The number of carbonyl (C=O) groups is 1. The number of methoxy groups -OCH3 is 2. The third-order valence-corrected chi connectivity index (χ3v) is 3.87. The molecule has 2 aromatic carbocycles. The van der Waals surface area contributed by atoms with Crippen LogP contribution >= 0.6 is 0 Å². The molecule has 0 unspecified atom stereocenters. The largest absolute Gasteiger partial charge is 0.497 e. The second-order valence-electron chi connectivity index (χ2n) is 5.64. The molecule has 0 bridgehead atoms. The Morgan fingerprint density at radius 2 is 1.76 bits per heavy atom. The van der Waals surface area contributed by atoms with Crippen molar-refractivity contribution < 1.29 is 23.8 Å². The molecular formula is C19H19NO5. The molecule has 0 aromatic heterocycles. The van der Waals surface area contributed by atoms with Crippen LogP contribution in [0.15, 0.2) is 47.6 Å². The maximum absolute atomic E-state index is 12.2. The lowest BCUT2D eigenvalue weighted by atomic mass is 10.0. The first-order valence-electron chi connectivity index (χ1n) is 7.88. The lowest BCUT2D eigenvalue weighted by molar-refractivity contribution is 0.0513. The summed E-state index contributed by atoms with van der Waals surface area (Å²) in [6.07, 6.45) is 0.480. The topological polar surface area (TPSA) is 66.4 Å². The van der Waals surface area contributed by atoms with Gasteiger partial charge in [-0.2, -0.15) is 0 Å². The van der Waals surface area contributed by atoms with Crippen LogP contribution in [0.5, 0.6) is 17.2 Å². The first-order chi connectivity index (χ1) is 12.1. The van der Waals surface area contributed by atoms with Gasteiger partial charge in [-0.1, -0.05) is 5.16 Å². The minimum Gasteiger partial charge on any atom is -0.497 e. The van der Waals surface area contributed by atoms with Crippen LogP contribution in [0.1, 0.15) is 29.3 Å². The quantitative estimate of drug-likeness (QED) is 0.629. The molecule has 0 spiro atoms. The van der Waals surface area contributed by atoms with Gasteiger partial charge in [0.05, 0.1) is 25.5 Å². The molecule has 0 fully saturated rings. The molecule has 6 heteroatoms. The maximum Gasteiger partial charge on any atom is 0.365 e. The Bertz CT molecular complexity index is 798. The predicted molar refractivity (Wildman–Crippen MR) is 92.6 cm³/mol. The fourth-order valence-electron chi connectivity index (χ4n) is 2.57. The van der Waals surface area contributed by atoms with E-state index in [-0.39, 0.29) is 6.10 Å². The second kappa shape index (κ2) is 7.25. The van der Waals surface area contributed by atoms with Crippen LogP contribution in [0.25, 0.3) is 0 Å². The molecular weight excluding hydrogens is 322 g/mol. The van der Waals surface area contributed by atoms with E-state index in [4.69, 9.17) is 19.0 Å². The van der Waals surface area contributed by atoms with Crippen LogP contribution in [-0.4, -0.2) is 32.0 Å². The summed E-state index contributed by atoms with van der Waals surface area (Å²) in [5.41, 5.74) is 1.86. The molecule has 1 atom stereocenters. The molecule has 2 aromatic rings. The molecule has 0 amide bonds. The van der Waals surface area contributed by atoms with E-state index in [0.29, 0.717) is 34.9 Å². The highest BCUT2D eigenvalue weighted by Crippen LogP contribution is 2.31. The Morgan fingerprint density at radius 1 is 1.08 bits per heavy atom. The van der Waals surface area contributed by atoms with Crippen LogP contribution < -0.4 is 14.2 Å². The van der Waals surface area contributed by atoms with Gasteiger partial charge in [0.25, 0.3) is 0 Å². The number of benzene rings is 2. The highest BCUT2D eigenvalue weighted by molar-refractivity contribution is 6.04. The zero-order valence-corrected chi connectivity index (χ0v) is 14.3. The molecule has 6 nitrogen and oxygen atoms in total. The minimum absolute atomic E-state index is 0.0713. The number of hydrogen-bond acceptors (Lipinski definition) is 6. The number of nitrogens with zero attached hydrogens (tertiary/aromatic N) is 1. The van der Waals surface area contributed by atoms with Gasteiger partial charge in [0.2, 0.25) is 0 Å². The number of oxime groups is 1. The third-order valence-electron chi connectivity index (χ3n) is 3.87. The Labute approximate surface area is 146 Å². The van der Waals surface area contributed by atoms with Crippen molar-refractivity contribution in [1.82, 2.24) is 0 Å². The first-order valence-corrected chi connectivity index (χ1v) is 7.88. The van der Waals surface area contributed by atoms with Crippen molar-refractivity contribution in [3.8, 4) is 17.2 Å². The van der Waals surface area contributed by atoms with Crippen LogP contribution in [0.4, 0.5) is 0 Å². The van der Waals surface area contributed by atoms with E-state index in [1.807, 2.05) is 19.1 Å². The van der Waals surface area contributed by atoms with Crippen molar-refractivity contribution in [1.29, 1.82) is 0 Å². The molecule has 1 aliphatic rings. The summed E-state index contributed by atoms with van der Waals surface area (Å²) in [7, 11) is 3.16. The number of carbonyl (C=O) groups excluding carboxylic acids is 1. The number of fused-ring (bicyclic) bond motifs is 1. The van der Waals surface area contributed by atoms with Crippen molar-refractivity contribution in [2.75, 3.05) is 14.2 Å². The summed E-state index contributed by atoms with van der Waals surface area (Å²) in [5.74, 6) is 1.51. The van der Waals surface area contributed by atoms with Crippen molar-refractivity contribution in [2.24, 2.45) is 5.16 Å². The number of ether oxygens (including phenoxy) is 3. The molecule has 0 aliphatic carbocycles. The van der Waals surface area contributed by atoms with E-state index in [0.717, 1.165) is 5.56 Å². The molecule has 25 heavy (non-hydrogen) atoms. The fraction of sp³-hybridized carbons (Fsp3) is 0.263. The lowest BCUT2D eigenvalue weighted by Crippen LogP contribution is -2.25. The van der Waals surface area contributed by atoms with E-state index in [9.17, 15) is 4.79 Å². The van der Waals surface area contributed by atoms with Crippen LogP contribution in [-0.2, 0) is 4.84 Å². The fourth-order valence-corrected chi connectivity index (χ4v) is 2.57. The Kier molecular flexibility index (Phi) is 4.88. The Balaban J connectivity index is 1.80. The van der Waals surface area contributed by atoms with Gasteiger partial charge < -0.3 is 19.0 Å². The van der Waals surface area contributed by atoms with Crippen molar-refractivity contribution >= 4 is 11.7 Å². The van der Waals surface area contributed by atoms with Gasteiger partial charge in [0.1, 0.15) is 23.4 Å². The molecule has 0 radical (unpaired) electrons. The second-order valence-corrected chi connectivity index (χ2v) is 5.64. The Morgan fingerprint density at radius 3 is 2.44 bits per heavy atom. The molecule has 0 N–H and O–H groups in total. The smallest absolute Gasteiger partial charge is 0.365 e. The summed E-state index contributed by atoms with van der Waals surface area (Å²) in [4.78, 5) is 17.3. The number of rotatable bonds is 4. The highest BCUT2D eigenvalue weighted by atomic mass is 16.7. The molecule has 0 saturated carbocycles. The molecule has 1 heterocycles. The van der Waals surface area contributed by atoms with Crippen LogP contribution in [0.3, 0.4) is 0 Å². The van der Waals surface area contributed by atoms with E-state index < -0.39 is 5.97 Å². The zero-order valence-electron chi connectivity index (χ0n) is 14.3. The van der Waals surface area contributed by atoms with Gasteiger partial charge in [-0.05, 0) is 43.3 Å². The zero-order chi connectivity index (χ0) is 17.8. The summed E-state index contributed by atoms with van der Waals surface area (Å²) in [5, 5.41) is 4.06. The predicted octanol–water partition coefficient (Wildman–Crippen LogP) is 3.44. The van der Waals surface area contributed by atoms with Gasteiger partial charge in [-0.3, -0.25) is 0 Å². The first kappa shape index (κ1) is 16.8. The SMILES string of the molecule is COc1ccc(C(=O)O/N=C2\C[C@H](C)Oc3cc(OC)ccc32)cc1. The highest BCUT2D eigenvalue weighted by Gasteiger charge is 2.23. The van der Waals surface area contributed by atoms with E-state index in [1.54, 1.807) is 44.6 Å². The maximum atomic E-state index is 12.2. The van der Waals surface area contributed by atoms with Gasteiger partial charge in [0.15, 0.2) is 0 Å². The standard InChI is InChI=1S/C19H19NO5/c1-12-10-17(16-9-8-15(23-3)11-18(16)24-12)20-25-19(21)13-4-6-14(22-2)7-5-13/h4-9,11-12H,10H2,1-3H3/b20-17+/t12-/m0/s1. The summed E-state index contributed by atoms with van der Waals surface area (Å²) >= 11 is 0. The van der Waals surface area contributed by atoms with E-state index in [1.165, 1.54) is 0 Å². The van der Waals surface area contributed by atoms with Gasteiger partial charge in [0, 0.05) is 18.1 Å². The molecule has 0 saturated heterocycles. The molecule has 3 rings (SSSR count). The van der Waals surface area contributed by atoms with Gasteiger partial charge >= 0.3 is 5.97 Å². The average Bonchev–Trinajstić information content (AvgIpc) is 2.65. The number of hydrogen-bond donors (Lipinski definition) is 0. The van der Waals surface area contributed by atoms with Crippen LogP contribution in [0, 0.1) is 0 Å². The van der Waals surface area contributed by atoms with Crippen molar-refractivity contribution in [2.45, 2.75) is 19.4 Å². The average molecular weight is 341 g/mol. The normalized spacial score (nSPS) is 17.4. The summed E-state index contributed by atoms with van der Waals surface area (Å²) in [6, 6.07) is 12.1. The minimum atomic E-state index is -0.524. The Hall–Kier alpha value is -3.02.